The molecule has 0 fully saturated rings. The highest BCUT2D eigenvalue weighted by Crippen LogP contribution is 2.05. The highest BCUT2D eigenvalue weighted by Gasteiger charge is 2.25. The fourth-order valence-electron chi connectivity index (χ4n) is 1.45. The molecule has 0 atom stereocenters. The van der Waals surface area contributed by atoms with Crippen LogP contribution >= 0.6 is 0 Å². The Bertz CT molecular complexity index is 706. The average Bonchev–Trinajstić information content (AvgIpc) is 2.33. The van der Waals surface area contributed by atoms with Crippen molar-refractivity contribution in [1.82, 2.24) is 5.32 Å². The smallest absolute Gasteiger partial charge is 0.330 e. The highest BCUT2D eigenvalue weighted by molar-refractivity contribution is 7.86. The molecule has 10 nitrogen and oxygen atoms in total. The van der Waals surface area contributed by atoms with Crippen molar-refractivity contribution < 1.29 is 40.6 Å². The second-order valence-electron chi connectivity index (χ2n) is 5.60. The lowest BCUT2D eigenvalue weighted by atomic mass is 10.1. The van der Waals surface area contributed by atoms with Gasteiger partial charge in [0.05, 0.1) is 17.0 Å². The maximum Gasteiger partial charge on any atom is 0.330 e. The highest BCUT2D eigenvalue weighted by atomic mass is 32.2. The van der Waals surface area contributed by atoms with Crippen LogP contribution in [0.4, 0.5) is 0 Å². The van der Waals surface area contributed by atoms with Crippen molar-refractivity contribution in [1.29, 1.82) is 0 Å². The average molecular weight is 401 g/mol. The van der Waals surface area contributed by atoms with E-state index in [-0.39, 0.29) is 18.4 Å². The van der Waals surface area contributed by atoms with Crippen molar-refractivity contribution >= 4 is 32.1 Å². The Labute approximate surface area is 147 Å². The first-order valence-corrected chi connectivity index (χ1v) is 9.97. The number of hydrogen-bond acceptors (Lipinski definition) is 6. The summed E-state index contributed by atoms with van der Waals surface area (Å²) in [6.45, 7) is 9.39. The van der Waals surface area contributed by atoms with Crippen LogP contribution in [0.2, 0.25) is 0 Å². The number of rotatable bonds is 9. The first-order valence-electron chi connectivity index (χ1n) is 6.75. The van der Waals surface area contributed by atoms with Crippen molar-refractivity contribution in [2.75, 3.05) is 11.5 Å². The quantitative estimate of drug-likeness (QED) is 0.311. The number of carboxylic acids is 1. The van der Waals surface area contributed by atoms with Crippen molar-refractivity contribution in [2.24, 2.45) is 0 Å². The van der Waals surface area contributed by atoms with Crippen LogP contribution < -0.4 is 5.32 Å². The van der Waals surface area contributed by atoms with Crippen molar-refractivity contribution in [2.45, 2.75) is 32.2 Å². The molecule has 0 aliphatic heterocycles. The standard InChI is InChI=1S/C7H13NO4S.C6H10O5S/c1-4-6(9)8-7(2,3)5-13(10,11)12;1-5(6(7)8)3-2-4-12(9,10)11/h4H,1,5H2,2-3H3,(H,8,9)(H,10,11,12);1-4H2,(H,7,8)(H,9,10,11). The minimum absolute atomic E-state index is 0.0568. The number of carbonyl (C=O) groups is 2. The molecule has 0 bridgehead atoms. The lowest BCUT2D eigenvalue weighted by Crippen LogP contribution is -2.47. The molecule has 0 heterocycles. The molecule has 25 heavy (non-hydrogen) atoms. The summed E-state index contributed by atoms with van der Waals surface area (Å²) in [6, 6.07) is 0. The molecule has 4 N–H and O–H groups in total. The molecule has 0 aromatic heterocycles. The second-order valence-corrected chi connectivity index (χ2v) is 8.63. The van der Waals surface area contributed by atoms with Gasteiger partial charge in [-0.15, -0.1) is 0 Å². The van der Waals surface area contributed by atoms with E-state index in [1.807, 2.05) is 0 Å². The van der Waals surface area contributed by atoms with Gasteiger partial charge in [-0.05, 0) is 32.8 Å². The van der Waals surface area contributed by atoms with Crippen LogP contribution in [0.15, 0.2) is 24.8 Å². The van der Waals surface area contributed by atoms with Crippen LogP contribution in [0.5, 0.6) is 0 Å². The predicted octanol–water partition coefficient (Wildman–Crippen LogP) is 0.250. The minimum atomic E-state index is -4.08. The third kappa shape index (κ3) is 18.4. The SMILES string of the molecule is C=C(CCCS(=O)(=O)O)C(=O)O.C=CC(=O)NC(C)(C)CS(=O)(=O)O. The van der Waals surface area contributed by atoms with E-state index in [2.05, 4.69) is 18.5 Å². The van der Waals surface area contributed by atoms with Crippen LogP contribution in [0, 0.1) is 0 Å². The van der Waals surface area contributed by atoms with E-state index in [1.165, 1.54) is 13.8 Å². The third-order valence-electron chi connectivity index (χ3n) is 2.37. The van der Waals surface area contributed by atoms with E-state index in [1.54, 1.807) is 0 Å². The zero-order valence-corrected chi connectivity index (χ0v) is 15.6. The van der Waals surface area contributed by atoms with Gasteiger partial charge in [-0.2, -0.15) is 16.8 Å². The molecule has 146 valence electrons. The van der Waals surface area contributed by atoms with Gasteiger partial charge in [0.2, 0.25) is 5.91 Å². The third-order valence-corrected chi connectivity index (χ3v) is 4.26. The van der Waals surface area contributed by atoms with Crippen molar-refractivity contribution in [3.05, 3.63) is 24.8 Å². The van der Waals surface area contributed by atoms with E-state index >= 15 is 0 Å². The van der Waals surface area contributed by atoms with Gasteiger partial charge >= 0.3 is 5.97 Å². The summed E-state index contributed by atoms with van der Waals surface area (Å²) in [5, 5.41) is 10.7. The fraction of sp³-hybridized carbons (Fsp3) is 0.538. The lowest BCUT2D eigenvalue weighted by Gasteiger charge is -2.23. The molecule has 0 rings (SSSR count). The number of carbonyl (C=O) groups excluding carboxylic acids is 1. The summed E-state index contributed by atoms with van der Waals surface area (Å²) < 4.78 is 58.1. The van der Waals surface area contributed by atoms with Gasteiger partial charge in [-0.1, -0.05) is 13.2 Å². The zero-order chi connectivity index (χ0) is 20.5. The predicted molar refractivity (Wildman–Crippen MR) is 91.3 cm³/mol. The number of carboxylic acid groups (broad SMARTS) is 1. The Morgan fingerprint density at radius 2 is 1.60 bits per heavy atom. The van der Waals surface area contributed by atoms with Crippen LogP contribution in [0.3, 0.4) is 0 Å². The van der Waals surface area contributed by atoms with Gasteiger partial charge in [0.1, 0.15) is 0 Å². The van der Waals surface area contributed by atoms with Gasteiger partial charge in [0, 0.05) is 5.57 Å². The molecule has 0 spiro atoms. The normalized spacial score (nSPS) is 11.7. The van der Waals surface area contributed by atoms with E-state index in [9.17, 15) is 26.4 Å². The molecule has 0 aliphatic carbocycles. The molecule has 0 unspecified atom stereocenters. The Hall–Kier alpha value is -1.76. The monoisotopic (exact) mass is 401 g/mol. The number of aliphatic carboxylic acids is 1. The topological polar surface area (TPSA) is 175 Å². The van der Waals surface area contributed by atoms with Crippen LogP contribution in [0.25, 0.3) is 0 Å². The summed E-state index contributed by atoms with van der Waals surface area (Å²) in [6.07, 6.45) is 1.17. The summed E-state index contributed by atoms with van der Waals surface area (Å²) in [4.78, 5) is 21.0. The zero-order valence-electron chi connectivity index (χ0n) is 13.9. The second kappa shape index (κ2) is 10.3. The van der Waals surface area contributed by atoms with Gasteiger partial charge < -0.3 is 10.4 Å². The Balaban J connectivity index is 0. The summed E-state index contributed by atoms with van der Waals surface area (Å²) in [5.41, 5.74) is -1.06. The van der Waals surface area contributed by atoms with E-state index in [0.29, 0.717) is 0 Å². The Morgan fingerprint density at radius 1 is 1.12 bits per heavy atom. The number of hydrogen-bond donors (Lipinski definition) is 4. The molecule has 0 saturated heterocycles. The molecule has 12 heteroatoms. The molecule has 0 aliphatic rings. The van der Waals surface area contributed by atoms with Crippen LogP contribution in [0.1, 0.15) is 26.7 Å². The van der Waals surface area contributed by atoms with E-state index < -0.39 is 49.2 Å². The van der Waals surface area contributed by atoms with Gasteiger partial charge in [-0.25, -0.2) is 4.79 Å². The molecule has 0 aromatic carbocycles. The summed E-state index contributed by atoms with van der Waals surface area (Å²) in [5.74, 6) is -2.59. The first-order chi connectivity index (χ1) is 11.0. The largest absolute Gasteiger partial charge is 0.478 e. The van der Waals surface area contributed by atoms with Crippen LogP contribution in [-0.4, -0.2) is 60.0 Å². The summed E-state index contributed by atoms with van der Waals surface area (Å²) >= 11 is 0. The van der Waals surface area contributed by atoms with Crippen LogP contribution in [-0.2, 0) is 29.8 Å². The number of amides is 1. The van der Waals surface area contributed by atoms with E-state index in [4.69, 9.17) is 14.2 Å². The van der Waals surface area contributed by atoms with Gasteiger partial charge in [0.25, 0.3) is 20.2 Å². The minimum Gasteiger partial charge on any atom is -0.478 e. The Morgan fingerprint density at radius 3 is 1.92 bits per heavy atom. The first kappa shape index (κ1) is 25.5. The molecule has 0 radical (unpaired) electrons. The summed E-state index contributed by atoms with van der Waals surface area (Å²) in [7, 11) is -8.06. The molecule has 0 saturated carbocycles. The van der Waals surface area contributed by atoms with Crippen molar-refractivity contribution in [3.63, 3.8) is 0 Å². The lowest BCUT2D eigenvalue weighted by molar-refractivity contribution is -0.132. The molecule has 1 amide bonds. The van der Waals surface area contributed by atoms with E-state index in [0.717, 1.165) is 6.08 Å². The van der Waals surface area contributed by atoms with Gasteiger partial charge in [0.15, 0.2) is 0 Å². The number of nitrogens with one attached hydrogen (secondary N) is 1. The molecular formula is C13H23NO9S2. The van der Waals surface area contributed by atoms with Crippen molar-refractivity contribution in [3.8, 4) is 0 Å². The van der Waals surface area contributed by atoms with Gasteiger partial charge in [-0.3, -0.25) is 13.9 Å². The maximum absolute atomic E-state index is 10.8. The Kier molecular flexibility index (Phi) is 10.5. The molecular weight excluding hydrogens is 378 g/mol. The maximum atomic E-state index is 10.8. The fourth-order valence-corrected chi connectivity index (χ4v) is 2.94. The molecule has 0 aromatic rings.